The quantitative estimate of drug-likeness (QED) is 0.685. The van der Waals surface area contributed by atoms with Crippen molar-refractivity contribution in [3.05, 3.63) is 22.4 Å². The number of unbranched alkanes of at least 4 members (excludes halogenated alkanes) is 3. The van der Waals surface area contributed by atoms with Gasteiger partial charge in [0.15, 0.2) is 0 Å². The second kappa shape index (κ2) is 10.2. The number of amides is 1. The highest BCUT2D eigenvalue weighted by Crippen LogP contribution is 2.26. The van der Waals surface area contributed by atoms with Crippen molar-refractivity contribution in [2.45, 2.75) is 51.4 Å². The van der Waals surface area contributed by atoms with Gasteiger partial charge < -0.3 is 11.1 Å². The summed E-state index contributed by atoms with van der Waals surface area (Å²) in [6, 6.07) is 4.19. The molecule has 0 saturated carbocycles. The number of carbonyl (C=O) groups is 1. The van der Waals surface area contributed by atoms with Crippen molar-refractivity contribution in [2.24, 2.45) is 5.73 Å². The zero-order valence-corrected chi connectivity index (χ0v) is 14.1. The van der Waals surface area contributed by atoms with Gasteiger partial charge >= 0.3 is 0 Å². The molecule has 0 unspecified atom stereocenters. The number of hydrogen-bond donors (Lipinski definition) is 2. The number of halogens is 1. The largest absolute Gasteiger partial charge is 0.355 e. The van der Waals surface area contributed by atoms with Crippen molar-refractivity contribution in [3.8, 4) is 0 Å². The van der Waals surface area contributed by atoms with E-state index in [0.717, 1.165) is 32.2 Å². The Morgan fingerprint density at radius 3 is 2.60 bits per heavy atom. The molecule has 0 aliphatic rings. The predicted octanol–water partition coefficient (Wildman–Crippen LogP) is 3.47. The van der Waals surface area contributed by atoms with Crippen LogP contribution in [0.2, 0.25) is 0 Å². The van der Waals surface area contributed by atoms with E-state index in [1.165, 1.54) is 4.88 Å². The van der Waals surface area contributed by atoms with Crippen LogP contribution in [0.4, 0.5) is 0 Å². The highest BCUT2D eigenvalue weighted by Gasteiger charge is 2.22. The minimum Gasteiger partial charge on any atom is -0.355 e. The number of rotatable bonds is 9. The minimum atomic E-state index is 0. The average Bonchev–Trinajstić information content (AvgIpc) is 2.91. The van der Waals surface area contributed by atoms with Crippen molar-refractivity contribution in [1.29, 1.82) is 0 Å². The molecule has 1 amide bonds. The summed E-state index contributed by atoms with van der Waals surface area (Å²) in [7, 11) is 0. The van der Waals surface area contributed by atoms with Crippen molar-refractivity contribution < 1.29 is 4.79 Å². The average molecular weight is 319 g/mol. The number of hydrogen-bond acceptors (Lipinski definition) is 3. The summed E-state index contributed by atoms with van der Waals surface area (Å²) in [5.41, 5.74) is 5.45. The molecule has 0 radical (unpaired) electrons. The van der Waals surface area contributed by atoms with Gasteiger partial charge in [0.1, 0.15) is 0 Å². The third-order valence-corrected chi connectivity index (χ3v) is 4.51. The summed E-state index contributed by atoms with van der Waals surface area (Å²) in [6.07, 6.45) is 4.88. The molecule has 3 nitrogen and oxygen atoms in total. The van der Waals surface area contributed by atoms with Crippen LogP contribution in [-0.4, -0.2) is 19.0 Å². The van der Waals surface area contributed by atoms with Crippen LogP contribution >= 0.6 is 23.7 Å². The Hall–Kier alpha value is -0.580. The van der Waals surface area contributed by atoms with E-state index >= 15 is 0 Å². The van der Waals surface area contributed by atoms with Crippen LogP contribution in [0.15, 0.2) is 17.5 Å². The molecule has 0 spiro atoms. The van der Waals surface area contributed by atoms with Gasteiger partial charge in [-0.05, 0) is 30.8 Å². The normalized spacial score (nSPS) is 10.9. The van der Waals surface area contributed by atoms with Crippen LogP contribution in [-0.2, 0) is 10.2 Å². The van der Waals surface area contributed by atoms with Crippen LogP contribution in [0.25, 0.3) is 0 Å². The fourth-order valence-corrected chi connectivity index (χ4v) is 2.79. The SMILES string of the molecule is CC(C)(CNC(=O)CCCCCCN)c1cccs1.Cl. The van der Waals surface area contributed by atoms with Crippen molar-refractivity contribution in [2.75, 3.05) is 13.1 Å². The third-order valence-electron chi connectivity index (χ3n) is 3.27. The molecule has 0 aromatic carbocycles. The molecule has 1 aromatic rings. The van der Waals surface area contributed by atoms with E-state index in [4.69, 9.17) is 5.73 Å². The standard InChI is InChI=1S/C15H26N2OS.ClH/c1-15(2,13-8-7-11-19-13)12-17-14(18)9-5-3-4-6-10-16;/h7-8,11H,3-6,9-10,12,16H2,1-2H3,(H,17,18);1H. The van der Waals surface area contributed by atoms with Crippen LogP contribution < -0.4 is 11.1 Å². The first-order valence-electron chi connectivity index (χ1n) is 7.07. The summed E-state index contributed by atoms with van der Waals surface area (Å²) in [4.78, 5) is 13.1. The fraction of sp³-hybridized carbons (Fsp3) is 0.667. The first kappa shape index (κ1) is 19.4. The Balaban J connectivity index is 0.00000361. The zero-order valence-electron chi connectivity index (χ0n) is 12.5. The highest BCUT2D eigenvalue weighted by molar-refractivity contribution is 7.10. The number of nitrogens with one attached hydrogen (secondary N) is 1. The van der Waals surface area contributed by atoms with Gasteiger partial charge in [-0.15, -0.1) is 23.7 Å². The molecule has 0 aliphatic carbocycles. The van der Waals surface area contributed by atoms with Crippen LogP contribution in [0.5, 0.6) is 0 Å². The lowest BCUT2D eigenvalue weighted by Crippen LogP contribution is -2.36. The maximum Gasteiger partial charge on any atom is 0.220 e. The van der Waals surface area contributed by atoms with Gasteiger partial charge in [0.25, 0.3) is 0 Å². The second-order valence-electron chi connectivity index (χ2n) is 5.59. The molecule has 0 atom stereocenters. The topological polar surface area (TPSA) is 55.1 Å². The zero-order chi connectivity index (χ0) is 14.1. The van der Waals surface area contributed by atoms with Crippen molar-refractivity contribution in [3.63, 3.8) is 0 Å². The summed E-state index contributed by atoms with van der Waals surface area (Å²) < 4.78 is 0. The van der Waals surface area contributed by atoms with Gasteiger partial charge in [-0.2, -0.15) is 0 Å². The van der Waals surface area contributed by atoms with Gasteiger partial charge in [0.2, 0.25) is 5.91 Å². The van der Waals surface area contributed by atoms with Gasteiger partial charge in [-0.1, -0.05) is 32.8 Å². The fourth-order valence-electron chi connectivity index (χ4n) is 1.94. The maximum atomic E-state index is 11.8. The molecule has 5 heteroatoms. The van der Waals surface area contributed by atoms with Gasteiger partial charge in [-0.3, -0.25) is 4.79 Å². The molecule has 20 heavy (non-hydrogen) atoms. The minimum absolute atomic E-state index is 0. The van der Waals surface area contributed by atoms with E-state index in [9.17, 15) is 4.79 Å². The lowest BCUT2D eigenvalue weighted by molar-refractivity contribution is -0.121. The number of nitrogens with two attached hydrogens (primary N) is 1. The molecule has 0 aliphatic heterocycles. The molecule has 0 bridgehead atoms. The molecule has 1 heterocycles. The third kappa shape index (κ3) is 7.27. The van der Waals surface area contributed by atoms with E-state index in [1.807, 2.05) is 0 Å². The summed E-state index contributed by atoms with van der Waals surface area (Å²) >= 11 is 1.75. The van der Waals surface area contributed by atoms with Crippen LogP contribution in [0, 0.1) is 0 Å². The molecule has 0 saturated heterocycles. The molecule has 1 aromatic heterocycles. The van der Waals surface area contributed by atoms with Gasteiger partial charge in [-0.25, -0.2) is 0 Å². The van der Waals surface area contributed by atoms with Gasteiger partial charge in [0, 0.05) is 23.3 Å². The number of thiophene rings is 1. The first-order chi connectivity index (χ1) is 9.06. The molecule has 3 N–H and O–H groups in total. The number of carbonyl (C=O) groups excluding carboxylic acids is 1. The van der Waals surface area contributed by atoms with E-state index in [0.29, 0.717) is 13.0 Å². The monoisotopic (exact) mass is 318 g/mol. The van der Waals surface area contributed by atoms with E-state index in [1.54, 1.807) is 11.3 Å². The lowest BCUT2D eigenvalue weighted by atomic mass is 9.91. The predicted molar refractivity (Wildman–Crippen MR) is 89.7 cm³/mol. The van der Waals surface area contributed by atoms with Crippen LogP contribution in [0.1, 0.15) is 50.8 Å². The molecule has 0 fully saturated rings. The second-order valence-corrected chi connectivity index (χ2v) is 6.54. The molecule has 1 rings (SSSR count). The van der Waals surface area contributed by atoms with Crippen LogP contribution in [0.3, 0.4) is 0 Å². The highest BCUT2D eigenvalue weighted by atomic mass is 35.5. The van der Waals surface area contributed by atoms with Crippen molar-refractivity contribution in [1.82, 2.24) is 5.32 Å². The smallest absolute Gasteiger partial charge is 0.220 e. The van der Waals surface area contributed by atoms with E-state index in [-0.39, 0.29) is 23.7 Å². The summed E-state index contributed by atoms with van der Waals surface area (Å²) in [5, 5.41) is 5.12. The lowest BCUT2D eigenvalue weighted by Gasteiger charge is -2.23. The molecular weight excluding hydrogens is 292 g/mol. The Morgan fingerprint density at radius 1 is 1.30 bits per heavy atom. The van der Waals surface area contributed by atoms with E-state index in [2.05, 4.69) is 36.7 Å². The Bertz CT molecular complexity index is 366. The summed E-state index contributed by atoms with van der Waals surface area (Å²) in [6.45, 7) is 5.79. The maximum absolute atomic E-state index is 11.8. The first-order valence-corrected chi connectivity index (χ1v) is 7.95. The van der Waals surface area contributed by atoms with E-state index < -0.39 is 0 Å². The Morgan fingerprint density at radius 2 is 2.00 bits per heavy atom. The van der Waals surface area contributed by atoms with Crippen molar-refractivity contribution >= 4 is 29.7 Å². The van der Waals surface area contributed by atoms with Gasteiger partial charge in [0.05, 0.1) is 0 Å². The Labute approximate surface area is 132 Å². The molecular formula is C15H27ClN2OS. The molecule has 116 valence electrons. The Kier molecular flexibility index (Phi) is 9.90. The summed E-state index contributed by atoms with van der Waals surface area (Å²) in [5.74, 6) is 0.164.